The van der Waals surface area contributed by atoms with Gasteiger partial charge in [0.25, 0.3) is 0 Å². The molecule has 2 aromatic rings. The first-order valence-electron chi connectivity index (χ1n) is 5.18. The van der Waals surface area contributed by atoms with E-state index in [0.717, 1.165) is 21.6 Å². The Morgan fingerprint density at radius 1 is 1.47 bits per heavy atom. The minimum atomic E-state index is 0.802. The summed E-state index contributed by atoms with van der Waals surface area (Å²) in [6, 6.07) is 5.75. The SMILES string of the molecule is C=C/C(Br)=C\c1c(C)cnn1-c1ccccn1. The maximum absolute atomic E-state index is 4.33. The van der Waals surface area contributed by atoms with Gasteiger partial charge in [-0.3, -0.25) is 0 Å². The zero-order valence-corrected chi connectivity index (χ0v) is 11.1. The van der Waals surface area contributed by atoms with Crippen LogP contribution in [0.5, 0.6) is 0 Å². The molecule has 0 unspecified atom stereocenters. The summed E-state index contributed by atoms with van der Waals surface area (Å²) in [6.07, 6.45) is 7.30. The van der Waals surface area contributed by atoms with E-state index in [2.05, 4.69) is 32.6 Å². The molecule has 0 aliphatic rings. The Balaban J connectivity index is 2.54. The number of nitrogens with zero attached hydrogens (tertiary/aromatic N) is 3. The Bertz CT molecular complexity index is 555. The average molecular weight is 290 g/mol. The second-order valence-corrected chi connectivity index (χ2v) is 4.46. The fourth-order valence-electron chi connectivity index (χ4n) is 1.47. The summed E-state index contributed by atoms with van der Waals surface area (Å²) >= 11 is 3.42. The topological polar surface area (TPSA) is 30.7 Å². The van der Waals surface area contributed by atoms with Gasteiger partial charge in [0.2, 0.25) is 0 Å². The number of hydrogen-bond donors (Lipinski definition) is 0. The van der Waals surface area contributed by atoms with E-state index in [4.69, 9.17) is 0 Å². The van der Waals surface area contributed by atoms with Crippen LogP contribution < -0.4 is 0 Å². The fourth-order valence-corrected chi connectivity index (χ4v) is 1.68. The Morgan fingerprint density at radius 2 is 2.29 bits per heavy atom. The molecule has 0 spiro atoms. The van der Waals surface area contributed by atoms with Crippen molar-refractivity contribution in [2.45, 2.75) is 6.92 Å². The highest BCUT2D eigenvalue weighted by atomic mass is 79.9. The second-order valence-electron chi connectivity index (χ2n) is 3.55. The monoisotopic (exact) mass is 289 g/mol. The van der Waals surface area contributed by atoms with E-state index in [0.29, 0.717) is 0 Å². The molecule has 0 aromatic carbocycles. The van der Waals surface area contributed by atoms with Crippen molar-refractivity contribution in [2.75, 3.05) is 0 Å². The number of rotatable bonds is 3. The Labute approximate surface area is 109 Å². The zero-order chi connectivity index (χ0) is 12.3. The van der Waals surface area contributed by atoms with Gasteiger partial charge in [-0.25, -0.2) is 9.67 Å². The van der Waals surface area contributed by atoms with Crippen molar-refractivity contribution in [2.24, 2.45) is 0 Å². The molecule has 17 heavy (non-hydrogen) atoms. The van der Waals surface area contributed by atoms with E-state index in [1.54, 1.807) is 17.0 Å². The third-order valence-electron chi connectivity index (χ3n) is 2.33. The third kappa shape index (κ3) is 2.53. The van der Waals surface area contributed by atoms with E-state index >= 15 is 0 Å². The lowest BCUT2D eigenvalue weighted by Gasteiger charge is -2.04. The molecule has 0 fully saturated rings. The molecule has 2 aromatic heterocycles. The van der Waals surface area contributed by atoms with Crippen LogP contribution in [0.25, 0.3) is 11.9 Å². The van der Waals surface area contributed by atoms with Crippen LogP contribution >= 0.6 is 15.9 Å². The molecular weight excluding hydrogens is 278 g/mol. The van der Waals surface area contributed by atoms with Crippen molar-refractivity contribution >= 4 is 22.0 Å². The second kappa shape index (κ2) is 5.10. The maximum atomic E-state index is 4.33. The van der Waals surface area contributed by atoms with Crippen LogP contribution in [0, 0.1) is 6.92 Å². The molecule has 0 N–H and O–H groups in total. The lowest BCUT2D eigenvalue weighted by molar-refractivity contribution is 0.838. The molecule has 86 valence electrons. The fraction of sp³-hybridized carbons (Fsp3) is 0.0769. The van der Waals surface area contributed by atoms with Crippen LogP contribution in [-0.2, 0) is 0 Å². The molecular formula is C13H12BrN3. The van der Waals surface area contributed by atoms with E-state index < -0.39 is 0 Å². The van der Waals surface area contributed by atoms with Crippen LogP contribution in [0.4, 0.5) is 0 Å². The summed E-state index contributed by atoms with van der Waals surface area (Å²) in [4.78, 5) is 4.29. The highest BCUT2D eigenvalue weighted by Gasteiger charge is 2.07. The van der Waals surface area contributed by atoms with Crippen LogP contribution in [0.2, 0.25) is 0 Å². The smallest absolute Gasteiger partial charge is 0.153 e. The molecule has 3 nitrogen and oxygen atoms in total. The predicted molar refractivity (Wildman–Crippen MR) is 73.2 cm³/mol. The van der Waals surface area contributed by atoms with Crippen molar-refractivity contribution in [1.82, 2.24) is 14.8 Å². The van der Waals surface area contributed by atoms with Gasteiger partial charge < -0.3 is 0 Å². The normalized spacial score (nSPS) is 11.5. The number of aromatic nitrogens is 3. The quantitative estimate of drug-likeness (QED) is 0.810. The van der Waals surface area contributed by atoms with Crippen LogP contribution in [-0.4, -0.2) is 14.8 Å². The minimum absolute atomic E-state index is 0.802. The summed E-state index contributed by atoms with van der Waals surface area (Å²) < 4.78 is 2.72. The summed E-state index contributed by atoms with van der Waals surface area (Å²) in [5, 5.41) is 4.33. The van der Waals surface area contributed by atoms with Gasteiger partial charge in [0.1, 0.15) is 0 Å². The molecule has 0 radical (unpaired) electrons. The summed E-state index contributed by atoms with van der Waals surface area (Å²) in [6.45, 7) is 5.73. The van der Waals surface area contributed by atoms with E-state index in [1.165, 1.54) is 0 Å². The molecule has 2 rings (SSSR count). The third-order valence-corrected chi connectivity index (χ3v) is 2.89. The molecule has 0 saturated heterocycles. The number of allylic oxidation sites excluding steroid dienone is 2. The standard InChI is InChI=1S/C13H12BrN3/c1-3-11(14)8-12-10(2)9-16-17(12)13-6-4-5-7-15-13/h3-9H,1H2,2H3/b11-8+. The highest BCUT2D eigenvalue weighted by Crippen LogP contribution is 2.18. The molecule has 0 saturated carbocycles. The van der Waals surface area contributed by atoms with E-state index in [9.17, 15) is 0 Å². The van der Waals surface area contributed by atoms with Crippen molar-refractivity contribution in [3.8, 4) is 5.82 Å². The van der Waals surface area contributed by atoms with Gasteiger partial charge in [-0.2, -0.15) is 5.10 Å². The number of halogens is 1. The van der Waals surface area contributed by atoms with Gasteiger partial charge in [0.15, 0.2) is 5.82 Å². The average Bonchev–Trinajstić information content (AvgIpc) is 2.72. The Kier molecular flexibility index (Phi) is 3.54. The first kappa shape index (κ1) is 11.8. The summed E-state index contributed by atoms with van der Waals surface area (Å²) in [5.41, 5.74) is 2.09. The Hall–Kier alpha value is -1.68. The number of aryl methyl sites for hydroxylation is 1. The maximum Gasteiger partial charge on any atom is 0.153 e. The summed E-state index contributed by atoms with van der Waals surface area (Å²) in [5.74, 6) is 0.802. The van der Waals surface area contributed by atoms with Crippen molar-refractivity contribution in [1.29, 1.82) is 0 Å². The van der Waals surface area contributed by atoms with Gasteiger partial charge in [-0.1, -0.05) is 34.7 Å². The summed E-state index contributed by atoms with van der Waals surface area (Å²) in [7, 11) is 0. The van der Waals surface area contributed by atoms with Gasteiger partial charge in [-0.05, 0) is 30.7 Å². The minimum Gasteiger partial charge on any atom is -0.237 e. The van der Waals surface area contributed by atoms with Gasteiger partial charge in [-0.15, -0.1) is 0 Å². The van der Waals surface area contributed by atoms with Gasteiger partial charge >= 0.3 is 0 Å². The van der Waals surface area contributed by atoms with Crippen LogP contribution in [0.1, 0.15) is 11.3 Å². The van der Waals surface area contributed by atoms with E-state index in [-0.39, 0.29) is 0 Å². The van der Waals surface area contributed by atoms with Crippen molar-refractivity contribution < 1.29 is 0 Å². The Morgan fingerprint density at radius 3 is 2.94 bits per heavy atom. The van der Waals surface area contributed by atoms with Crippen LogP contribution in [0.3, 0.4) is 0 Å². The zero-order valence-electron chi connectivity index (χ0n) is 9.47. The number of hydrogen-bond acceptors (Lipinski definition) is 2. The lowest BCUT2D eigenvalue weighted by atomic mass is 10.2. The lowest BCUT2D eigenvalue weighted by Crippen LogP contribution is -2.01. The van der Waals surface area contributed by atoms with Crippen molar-refractivity contribution in [3.05, 3.63) is 59.0 Å². The van der Waals surface area contributed by atoms with Gasteiger partial charge in [0.05, 0.1) is 11.9 Å². The molecule has 0 atom stereocenters. The number of pyridine rings is 1. The van der Waals surface area contributed by atoms with Gasteiger partial charge in [0, 0.05) is 10.7 Å². The molecule has 2 heterocycles. The largest absolute Gasteiger partial charge is 0.237 e. The highest BCUT2D eigenvalue weighted by molar-refractivity contribution is 9.12. The molecule has 0 bridgehead atoms. The molecule has 4 heteroatoms. The van der Waals surface area contributed by atoms with Crippen molar-refractivity contribution in [3.63, 3.8) is 0 Å². The van der Waals surface area contributed by atoms with Crippen LogP contribution in [0.15, 0.2) is 47.7 Å². The predicted octanol–water partition coefficient (Wildman–Crippen LogP) is 3.50. The molecule has 0 aliphatic carbocycles. The first-order chi connectivity index (χ1) is 8.22. The van der Waals surface area contributed by atoms with E-state index in [1.807, 2.05) is 37.4 Å². The molecule has 0 aliphatic heterocycles. The first-order valence-corrected chi connectivity index (χ1v) is 5.97. The molecule has 0 amide bonds.